The molecule has 0 radical (unpaired) electrons. The second kappa shape index (κ2) is 5.46. The number of hydrogen-bond acceptors (Lipinski definition) is 4. The molecule has 0 spiro atoms. The van der Waals surface area contributed by atoms with Crippen molar-refractivity contribution < 1.29 is 9.53 Å². The van der Waals surface area contributed by atoms with E-state index < -0.39 is 0 Å². The zero-order chi connectivity index (χ0) is 12.3. The molecule has 1 fully saturated rings. The summed E-state index contributed by atoms with van der Waals surface area (Å²) in [5.74, 6) is 0.389. The highest BCUT2D eigenvalue weighted by Gasteiger charge is 2.17. The molecule has 0 atom stereocenters. The minimum atomic E-state index is -0.0852. The molecule has 1 N–H and O–H groups in total. The fourth-order valence-corrected chi connectivity index (χ4v) is 2.41. The summed E-state index contributed by atoms with van der Waals surface area (Å²) >= 11 is 1.47. The molecule has 94 valence electrons. The molecular formula is C11H17N3O2S. The first-order chi connectivity index (χ1) is 8.16. The normalized spacial score (nSPS) is 16.3. The highest BCUT2D eigenvalue weighted by Crippen LogP contribution is 2.21. The van der Waals surface area contributed by atoms with Gasteiger partial charge < -0.3 is 9.64 Å². The van der Waals surface area contributed by atoms with E-state index in [9.17, 15) is 4.79 Å². The lowest BCUT2D eigenvalue weighted by atomic mass is 10.2. The number of morpholine rings is 1. The van der Waals surface area contributed by atoms with Crippen LogP contribution in [0.5, 0.6) is 0 Å². The molecule has 0 aromatic carbocycles. The SMILES string of the molecule is CC(C)c1csc(NC(=O)N2CCOCC2)n1. The molecule has 1 saturated heterocycles. The van der Waals surface area contributed by atoms with Crippen molar-refractivity contribution in [1.82, 2.24) is 9.88 Å². The Balaban J connectivity index is 1.92. The Bertz CT molecular complexity index is 386. The number of aromatic nitrogens is 1. The van der Waals surface area contributed by atoms with Crippen LogP contribution in [0, 0.1) is 0 Å². The monoisotopic (exact) mass is 255 g/mol. The van der Waals surface area contributed by atoms with Gasteiger partial charge in [0, 0.05) is 18.5 Å². The minimum Gasteiger partial charge on any atom is -0.378 e. The molecule has 1 aliphatic heterocycles. The van der Waals surface area contributed by atoms with Crippen LogP contribution >= 0.6 is 11.3 Å². The molecule has 0 unspecified atom stereocenters. The fraction of sp³-hybridized carbons (Fsp3) is 0.636. The second-order valence-electron chi connectivity index (χ2n) is 4.26. The maximum Gasteiger partial charge on any atom is 0.323 e. The minimum absolute atomic E-state index is 0.0852. The number of thiazole rings is 1. The van der Waals surface area contributed by atoms with Gasteiger partial charge >= 0.3 is 6.03 Å². The zero-order valence-corrected chi connectivity index (χ0v) is 10.9. The van der Waals surface area contributed by atoms with Crippen LogP contribution in [-0.2, 0) is 4.74 Å². The van der Waals surface area contributed by atoms with Gasteiger partial charge in [0.05, 0.1) is 18.9 Å². The van der Waals surface area contributed by atoms with Gasteiger partial charge in [-0.3, -0.25) is 5.32 Å². The van der Waals surface area contributed by atoms with Crippen molar-refractivity contribution in [3.8, 4) is 0 Å². The number of hydrogen-bond donors (Lipinski definition) is 1. The Morgan fingerprint density at radius 1 is 1.53 bits per heavy atom. The Kier molecular flexibility index (Phi) is 3.96. The van der Waals surface area contributed by atoms with Crippen molar-refractivity contribution in [3.05, 3.63) is 11.1 Å². The molecular weight excluding hydrogens is 238 g/mol. The number of nitrogens with one attached hydrogen (secondary N) is 1. The van der Waals surface area contributed by atoms with Crippen molar-refractivity contribution in [3.63, 3.8) is 0 Å². The predicted octanol–water partition coefficient (Wildman–Crippen LogP) is 2.13. The first-order valence-electron chi connectivity index (χ1n) is 5.76. The maximum absolute atomic E-state index is 11.9. The largest absolute Gasteiger partial charge is 0.378 e. The van der Waals surface area contributed by atoms with Gasteiger partial charge in [-0.15, -0.1) is 11.3 Å². The molecule has 2 rings (SSSR count). The number of ether oxygens (including phenoxy) is 1. The number of rotatable bonds is 2. The van der Waals surface area contributed by atoms with Gasteiger partial charge in [0.15, 0.2) is 5.13 Å². The van der Waals surface area contributed by atoms with Crippen molar-refractivity contribution in [2.75, 3.05) is 31.6 Å². The predicted molar refractivity (Wildman–Crippen MR) is 67.6 cm³/mol. The standard InChI is InChI=1S/C11H17N3O2S/c1-8(2)9-7-17-10(12-9)13-11(15)14-3-5-16-6-4-14/h7-8H,3-6H2,1-2H3,(H,12,13,15). The average Bonchev–Trinajstić information content (AvgIpc) is 2.79. The van der Waals surface area contributed by atoms with Gasteiger partial charge in [-0.1, -0.05) is 13.8 Å². The number of urea groups is 1. The van der Waals surface area contributed by atoms with Crippen LogP contribution in [0.4, 0.5) is 9.93 Å². The van der Waals surface area contributed by atoms with E-state index in [1.807, 2.05) is 5.38 Å². The second-order valence-corrected chi connectivity index (χ2v) is 5.12. The lowest BCUT2D eigenvalue weighted by Crippen LogP contribution is -2.43. The number of carbonyl (C=O) groups is 1. The Morgan fingerprint density at radius 2 is 2.24 bits per heavy atom. The van der Waals surface area contributed by atoms with Gasteiger partial charge in [0.2, 0.25) is 0 Å². The first kappa shape index (κ1) is 12.3. The number of nitrogens with zero attached hydrogens (tertiary/aromatic N) is 2. The summed E-state index contributed by atoms with van der Waals surface area (Å²) < 4.78 is 5.20. The van der Waals surface area contributed by atoms with Crippen molar-refractivity contribution in [2.45, 2.75) is 19.8 Å². The Morgan fingerprint density at radius 3 is 2.82 bits per heavy atom. The summed E-state index contributed by atoms with van der Waals surface area (Å²) in [6.45, 7) is 6.69. The van der Waals surface area contributed by atoms with Crippen LogP contribution in [0.2, 0.25) is 0 Å². The highest BCUT2D eigenvalue weighted by molar-refractivity contribution is 7.13. The molecule has 0 aliphatic carbocycles. The third kappa shape index (κ3) is 3.17. The van der Waals surface area contributed by atoms with Crippen LogP contribution in [-0.4, -0.2) is 42.2 Å². The molecule has 6 heteroatoms. The Labute approximate surface area is 105 Å². The fourth-order valence-electron chi connectivity index (χ4n) is 1.55. The summed E-state index contributed by atoms with van der Waals surface area (Å²) in [4.78, 5) is 18.0. The van der Waals surface area contributed by atoms with Gasteiger partial charge in [-0.25, -0.2) is 9.78 Å². The molecule has 2 amide bonds. The van der Waals surface area contributed by atoms with Gasteiger partial charge in [-0.05, 0) is 5.92 Å². The molecule has 1 aliphatic rings. The summed E-state index contributed by atoms with van der Waals surface area (Å²) in [6, 6.07) is -0.0852. The van der Waals surface area contributed by atoms with E-state index in [-0.39, 0.29) is 6.03 Å². The lowest BCUT2D eigenvalue weighted by Gasteiger charge is -2.26. The smallest absolute Gasteiger partial charge is 0.323 e. The maximum atomic E-state index is 11.9. The number of carbonyl (C=O) groups excluding carboxylic acids is 1. The van der Waals surface area contributed by atoms with Gasteiger partial charge in [0.1, 0.15) is 0 Å². The lowest BCUT2D eigenvalue weighted by molar-refractivity contribution is 0.0564. The summed E-state index contributed by atoms with van der Waals surface area (Å²) in [7, 11) is 0. The van der Waals surface area contributed by atoms with E-state index in [2.05, 4.69) is 24.1 Å². The van der Waals surface area contributed by atoms with E-state index in [1.54, 1.807) is 4.90 Å². The van der Waals surface area contributed by atoms with Crippen molar-refractivity contribution in [2.24, 2.45) is 0 Å². The number of amides is 2. The van der Waals surface area contributed by atoms with Gasteiger partial charge in [0.25, 0.3) is 0 Å². The van der Waals surface area contributed by atoms with Crippen LogP contribution < -0.4 is 5.32 Å². The molecule has 0 saturated carbocycles. The molecule has 1 aromatic heterocycles. The van der Waals surface area contributed by atoms with E-state index in [0.29, 0.717) is 37.4 Å². The quantitative estimate of drug-likeness (QED) is 0.880. The number of anilines is 1. The molecule has 0 bridgehead atoms. The Hall–Kier alpha value is -1.14. The molecule has 5 nitrogen and oxygen atoms in total. The van der Waals surface area contributed by atoms with Crippen LogP contribution in [0.1, 0.15) is 25.5 Å². The van der Waals surface area contributed by atoms with Crippen LogP contribution in [0.15, 0.2) is 5.38 Å². The highest BCUT2D eigenvalue weighted by atomic mass is 32.1. The topological polar surface area (TPSA) is 54.5 Å². The molecule has 1 aromatic rings. The average molecular weight is 255 g/mol. The third-order valence-corrected chi connectivity index (χ3v) is 3.40. The summed E-state index contributed by atoms with van der Waals surface area (Å²) in [6.07, 6.45) is 0. The summed E-state index contributed by atoms with van der Waals surface area (Å²) in [5, 5.41) is 5.48. The first-order valence-corrected chi connectivity index (χ1v) is 6.64. The van der Waals surface area contributed by atoms with Crippen molar-refractivity contribution in [1.29, 1.82) is 0 Å². The van der Waals surface area contributed by atoms with E-state index in [1.165, 1.54) is 11.3 Å². The van der Waals surface area contributed by atoms with E-state index in [4.69, 9.17) is 4.74 Å². The van der Waals surface area contributed by atoms with Gasteiger partial charge in [-0.2, -0.15) is 0 Å². The van der Waals surface area contributed by atoms with Crippen molar-refractivity contribution >= 4 is 22.5 Å². The van der Waals surface area contributed by atoms with Crippen LogP contribution in [0.3, 0.4) is 0 Å². The molecule has 2 heterocycles. The van der Waals surface area contributed by atoms with Crippen LogP contribution in [0.25, 0.3) is 0 Å². The molecule has 17 heavy (non-hydrogen) atoms. The van der Waals surface area contributed by atoms with E-state index in [0.717, 1.165) is 5.69 Å². The summed E-state index contributed by atoms with van der Waals surface area (Å²) in [5.41, 5.74) is 1.02. The third-order valence-electron chi connectivity index (χ3n) is 2.63. The van der Waals surface area contributed by atoms with E-state index >= 15 is 0 Å². The zero-order valence-electron chi connectivity index (χ0n) is 10.1.